The summed E-state index contributed by atoms with van der Waals surface area (Å²) in [4.78, 5) is 22.3. The van der Waals surface area contributed by atoms with Crippen molar-refractivity contribution in [1.82, 2.24) is 14.5 Å². The monoisotopic (exact) mass is 466 g/mol. The number of carbonyl (C=O) groups excluding carboxylic acids is 1. The van der Waals surface area contributed by atoms with Crippen LogP contribution in [0, 0.1) is 0 Å². The van der Waals surface area contributed by atoms with Crippen molar-refractivity contribution in [2.24, 2.45) is 0 Å². The number of fused-ring (bicyclic) bond motifs is 1. The van der Waals surface area contributed by atoms with Crippen LogP contribution in [0.4, 0.5) is 10.2 Å². The molecule has 1 aliphatic rings. The molecule has 10 heteroatoms. The van der Waals surface area contributed by atoms with Gasteiger partial charge in [0, 0.05) is 30.4 Å². The van der Waals surface area contributed by atoms with Gasteiger partial charge in [-0.05, 0) is 25.0 Å². The van der Waals surface area contributed by atoms with E-state index in [-0.39, 0.29) is 19.3 Å². The van der Waals surface area contributed by atoms with E-state index in [9.17, 15) is 9.18 Å². The van der Waals surface area contributed by atoms with Crippen LogP contribution in [0.25, 0.3) is 16.6 Å². The maximum atomic E-state index is 13.7. The Morgan fingerprint density at radius 3 is 2.97 bits per heavy atom. The van der Waals surface area contributed by atoms with Gasteiger partial charge in [-0.3, -0.25) is 0 Å². The molecule has 1 aliphatic heterocycles. The second-order valence-corrected chi connectivity index (χ2v) is 8.03. The van der Waals surface area contributed by atoms with Gasteiger partial charge in [0.1, 0.15) is 5.82 Å². The molecule has 0 N–H and O–H groups in total. The molecule has 4 rings (SSSR count). The van der Waals surface area contributed by atoms with Crippen molar-refractivity contribution in [3.63, 3.8) is 0 Å². The minimum absolute atomic E-state index is 0.0107. The van der Waals surface area contributed by atoms with Crippen molar-refractivity contribution in [1.29, 1.82) is 0 Å². The maximum absolute atomic E-state index is 13.7. The number of ether oxygens (including phenoxy) is 2. The Balaban J connectivity index is 1.63. The molecule has 1 aromatic carbocycles. The Morgan fingerprint density at radius 2 is 2.23 bits per heavy atom. The molecule has 0 amide bonds. The molecule has 31 heavy (non-hydrogen) atoms. The first-order valence-electron chi connectivity index (χ1n) is 9.83. The fourth-order valence-electron chi connectivity index (χ4n) is 3.78. The van der Waals surface area contributed by atoms with Crippen molar-refractivity contribution < 1.29 is 18.7 Å². The molecular formula is C21H21Cl2FN4O3. The number of nitrogens with zero attached hydrogens (tertiary/aromatic N) is 4. The van der Waals surface area contributed by atoms with Crippen molar-refractivity contribution in [2.45, 2.75) is 25.1 Å². The summed E-state index contributed by atoms with van der Waals surface area (Å²) in [6, 6.07) is 5.59. The van der Waals surface area contributed by atoms with Crippen molar-refractivity contribution >= 4 is 45.9 Å². The molecule has 3 aromatic rings. The van der Waals surface area contributed by atoms with Crippen molar-refractivity contribution in [3.8, 4) is 5.69 Å². The SMILES string of the molecule is COC(=O)C(F)COC[C@@H]1CCCN1c1cc(-n2ccnc2)c2ccc(Cl)c(Cl)c2n1. The zero-order valence-corrected chi connectivity index (χ0v) is 18.3. The highest BCUT2D eigenvalue weighted by Crippen LogP contribution is 2.36. The summed E-state index contributed by atoms with van der Waals surface area (Å²) in [6.07, 6.45) is 5.25. The van der Waals surface area contributed by atoms with Crippen LogP contribution in [-0.2, 0) is 14.3 Å². The van der Waals surface area contributed by atoms with E-state index < -0.39 is 12.1 Å². The Kier molecular flexibility index (Phi) is 6.60. The Morgan fingerprint density at radius 1 is 1.39 bits per heavy atom. The highest BCUT2D eigenvalue weighted by Gasteiger charge is 2.28. The molecule has 0 aliphatic carbocycles. The summed E-state index contributed by atoms with van der Waals surface area (Å²) in [7, 11) is 1.15. The van der Waals surface area contributed by atoms with Gasteiger partial charge in [-0.2, -0.15) is 0 Å². The van der Waals surface area contributed by atoms with Gasteiger partial charge >= 0.3 is 5.97 Å². The fourth-order valence-corrected chi connectivity index (χ4v) is 4.14. The van der Waals surface area contributed by atoms with Gasteiger partial charge in [0.05, 0.1) is 53.9 Å². The van der Waals surface area contributed by atoms with E-state index in [1.165, 1.54) is 0 Å². The Labute approximate surface area is 188 Å². The standard InChI is InChI=1S/C21H21Cl2FN4O3/c1-30-21(29)16(24)11-31-10-13-3-2-7-28(13)18-9-17(27-8-6-25-12-27)14-4-5-15(22)19(23)20(14)26-18/h4-6,8-9,12-13,16H,2-3,7,10-11H2,1H3/t13-,16?/m0/s1. The molecule has 2 atom stereocenters. The average Bonchev–Trinajstić information content (AvgIpc) is 3.47. The zero-order chi connectivity index (χ0) is 22.0. The normalized spacial score (nSPS) is 17.3. The number of methoxy groups -OCH3 is 1. The number of esters is 1. The first-order valence-corrected chi connectivity index (χ1v) is 10.6. The molecule has 0 saturated carbocycles. The number of carbonyl (C=O) groups is 1. The first kappa shape index (κ1) is 21.8. The Bertz CT molecular complexity index is 1080. The summed E-state index contributed by atoms with van der Waals surface area (Å²) >= 11 is 12.7. The van der Waals surface area contributed by atoms with Gasteiger partial charge in [0.25, 0.3) is 0 Å². The highest BCUT2D eigenvalue weighted by atomic mass is 35.5. The van der Waals surface area contributed by atoms with E-state index in [0.29, 0.717) is 15.6 Å². The summed E-state index contributed by atoms with van der Waals surface area (Å²) in [5.74, 6) is -0.216. The lowest BCUT2D eigenvalue weighted by atomic mass is 10.1. The van der Waals surface area contributed by atoms with Gasteiger partial charge in [0.15, 0.2) is 0 Å². The summed E-state index contributed by atoms with van der Waals surface area (Å²) < 4.78 is 25.5. The molecule has 3 heterocycles. The lowest BCUT2D eigenvalue weighted by Gasteiger charge is -2.27. The fraction of sp³-hybridized carbons (Fsp3) is 0.381. The van der Waals surface area contributed by atoms with E-state index >= 15 is 0 Å². The molecule has 164 valence electrons. The highest BCUT2D eigenvalue weighted by molar-refractivity contribution is 6.45. The number of imidazole rings is 1. The van der Waals surface area contributed by atoms with Gasteiger partial charge in [-0.1, -0.05) is 23.2 Å². The quantitative estimate of drug-likeness (QED) is 0.485. The molecule has 0 bridgehead atoms. The number of anilines is 1. The number of hydrogen-bond acceptors (Lipinski definition) is 6. The minimum Gasteiger partial charge on any atom is -0.467 e. The predicted octanol–water partition coefficient (Wildman–Crippen LogP) is 4.22. The summed E-state index contributed by atoms with van der Waals surface area (Å²) in [5.41, 5.74) is 1.47. The van der Waals surface area contributed by atoms with Gasteiger partial charge in [-0.15, -0.1) is 0 Å². The number of hydrogen-bond donors (Lipinski definition) is 0. The molecule has 1 saturated heterocycles. The van der Waals surface area contributed by atoms with Gasteiger partial charge < -0.3 is 18.9 Å². The topological polar surface area (TPSA) is 69.5 Å². The summed E-state index contributed by atoms with van der Waals surface area (Å²) in [6.45, 7) is 0.689. The lowest BCUT2D eigenvalue weighted by molar-refractivity contribution is -0.148. The second kappa shape index (κ2) is 9.38. The van der Waals surface area contributed by atoms with Crippen LogP contribution in [0.1, 0.15) is 12.8 Å². The van der Waals surface area contributed by atoms with Crippen LogP contribution < -0.4 is 4.90 Å². The number of halogens is 3. The van der Waals surface area contributed by atoms with E-state index in [2.05, 4.69) is 14.6 Å². The second-order valence-electron chi connectivity index (χ2n) is 7.24. The molecule has 0 radical (unpaired) electrons. The number of alkyl halides is 1. The largest absolute Gasteiger partial charge is 0.467 e. The number of pyridine rings is 1. The van der Waals surface area contributed by atoms with E-state index in [1.807, 2.05) is 22.9 Å². The number of aromatic nitrogens is 3. The molecule has 0 spiro atoms. The number of rotatable bonds is 7. The van der Waals surface area contributed by atoms with Gasteiger partial charge in [0.2, 0.25) is 6.17 Å². The minimum atomic E-state index is -1.80. The number of benzene rings is 1. The van der Waals surface area contributed by atoms with E-state index in [0.717, 1.165) is 43.4 Å². The molecule has 7 nitrogen and oxygen atoms in total. The van der Waals surface area contributed by atoms with Crippen LogP contribution in [0.15, 0.2) is 36.9 Å². The zero-order valence-electron chi connectivity index (χ0n) is 16.8. The first-order chi connectivity index (χ1) is 15.0. The average molecular weight is 467 g/mol. The molecule has 1 fully saturated rings. The molecule has 1 unspecified atom stereocenters. The third-order valence-electron chi connectivity index (χ3n) is 5.32. The maximum Gasteiger partial charge on any atom is 0.342 e. The van der Waals surface area contributed by atoms with E-state index in [1.54, 1.807) is 18.6 Å². The van der Waals surface area contributed by atoms with E-state index in [4.69, 9.17) is 32.9 Å². The smallest absolute Gasteiger partial charge is 0.342 e. The van der Waals surface area contributed by atoms with Crippen LogP contribution in [0.2, 0.25) is 10.0 Å². The van der Waals surface area contributed by atoms with Crippen molar-refractivity contribution in [3.05, 3.63) is 47.0 Å². The van der Waals surface area contributed by atoms with Crippen LogP contribution >= 0.6 is 23.2 Å². The lowest BCUT2D eigenvalue weighted by Crippen LogP contribution is -2.35. The van der Waals surface area contributed by atoms with Crippen LogP contribution in [0.5, 0.6) is 0 Å². The third kappa shape index (κ3) is 4.46. The summed E-state index contributed by atoms with van der Waals surface area (Å²) in [5, 5.41) is 1.66. The van der Waals surface area contributed by atoms with Gasteiger partial charge in [-0.25, -0.2) is 19.2 Å². The van der Waals surface area contributed by atoms with Crippen LogP contribution in [0.3, 0.4) is 0 Å². The molecule has 2 aromatic heterocycles. The van der Waals surface area contributed by atoms with Crippen molar-refractivity contribution in [2.75, 3.05) is 31.8 Å². The van der Waals surface area contributed by atoms with Crippen LogP contribution in [-0.4, -0.2) is 59.6 Å². The predicted molar refractivity (Wildman–Crippen MR) is 117 cm³/mol. The third-order valence-corrected chi connectivity index (χ3v) is 6.12. The molecular weight excluding hydrogens is 446 g/mol. The Hall–Kier alpha value is -2.42.